The zero-order chi connectivity index (χ0) is 15.5. The smallest absolute Gasteiger partial charge is 0.215 e. The standard InChI is InChI=1S/C12H24N2O4S3/c1-20(15,16)12-10-19-8-7-14(12)21(17,18)9-5-11-4-2-3-6-13-11/h11-13H,2-10H2,1H3. The van der Waals surface area contributed by atoms with Gasteiger partial charge in [-0.05, 0) is 25.8 Å². The quantitative estimate of drug-likeness (QED) is 0.761. The van der Waals surface area contributed by atoms with E-state index < -0.39 is 25.2 Å². The second-order valence-electron chi connectivity index (χ2n) is 5.72. The molecule has 21 heavy (non-hydrogen) atoms. The highest BCUT2D eigenvalue weighted by molar-refractivity contribution is 8.01. The minimum atomic E-state index is -3.51. The third-order valence-electron chi connectivity index (χ3n) is 4.03. The molecule has 0 aliphatic carbocycles. The molecule has 0 amide bonds. The number of rotatable bonds is 5. The van der Waals surface area contributed by atoms with Crippen molar-refractivity contribution in [2.75, 3.05) is 36.6 Å². The Kier molecular flexibility index (Phi) is 5.98. The molecule has 2 atom stereocenters. The van der Waals surface area contributed by atoms with Crippen LogP contribution in [0.3, 0.4) is 0 Å². The summed E-state index contributed by atoms with van der Waals surface area (Å²) in [5.41, 5.74) is 0. The van der Waals surface area contributed by atoms with Gasteiger partial charge in [-0.2, -0.15) is 16.1 Å². The Morgan fingerprint density at radius 2 is 2.00 bits per heavy atom. The molecule has 2 saturated heterocycles. The van der Waals surface area contributed by atoms with Crippen LogP contribution in [-0.2, 0) is 19.9 Å². The predicted octanol–water partition coefficient (Wildman–Crippen LogP) is 0.268. The van der Waals surface area contributed by atoms with Crippen LogP contribution in [-0.4, -0.2) is 69.2 Å². The first kappa shape index (κ1) is 17.5. The van der Waals surface area contributed by atoms with Gasteiger partial charge in [0, 0.05) is 30.3 Å². The molecule has 124 valence electrons. The first-order valence-corrected chi connectivity index (χ1v) is 12.0. The topological polar surface area (TPSA) is 83.6 Å². The van der Waals surface area contributed by atoms with Crippen molar-refractivity contribution in [2.24, 2.45) is 0 Å². The lowest BCUT2D eigenvalue weighted by Crippen LogP contribution is -2.51. The first-order valence-electron chi connectivity index (χ1n) is 7.30. The van der Waals surface area contributed by atoms with E-state index in [1.807, 2.05) is 0 Å². The molecule has 9 heteroatoms. The summed E-state index contributed by atoms with van der Waals surface area (Å²) >= 11 is 1.50. The molecule has 6 nitrogen and oxygen atoms in total. The van der Waals surface area contributed by atoms with Crippen molar-refractivity contribution in [3.63, 3.8) is 0 Å². The maximum Gasteiger partial charge on any atom is 0.215 e. The van der Waals surface area contributed by atoms with Crippen molar-refractivity contribution in [3.8, 4) is 0 Å². The third-order valence-corrected chi connectivity index (χ3v) is 8.71. The zero-order valence-electron chi connectivity index (χ0n) is 12.3. The van der Waals surface area contributed by atoms with Gasteiger partial charge in [-0.25, -0.2) is 16.8 Å². The van der Waals surface area contributed by atoms with Gasteiger partial charge in [-0.15, -0.1) is 0 Å². The normalized spacial score (nSPS) is 29.4. The number of hydrogen-bond acceptors (Lipinski definition) is 6. The van der Waals surface area contributed by atoms with Gasteiger partial charge < -0.3 is 5.32 Å². The number of nitrogens with zero attached hydrogens (tertiary/aromatic N) is 1. The van der Waals surface area contributed by atoms with E-state index in [4.69, 9.17) is 0 Å². The molecule has 2 unspecified atom stereocenters. The Labute approximate surface area is 132 Å². The van der Waals surface area contributed by atoms with E-state index in [2.05, 4.69) is 5.32 Å². The van der Waals surface area contributed by atoms with Crippen LogP contribution in [0, 0.1) is 0 Å². The van der Waals surface area contributed by atoms with Crippen LogP contribution in [0.5, 0.6) is 0 Å². The first-order chi connectivity index (χ1) is 9.81. The number of piperidine rings is 1. The molecule has 0 radical (unpaired) electrons. The number of sulfonamides is 1. The Bertz CT molecular complexity index is 541. The van der Waals surface area contributed by atoms with Gasteiger partial charge in [-0.1, -0.05) is 6.42 Å². The Morgan fingerprint density at radius 1 is 1.24 bits per heavy atom. The molecule has 0 bridgehead atoms. The van der Waals surface area contributed by atoms with Gasteiger partial charge in [0.15, 0.2) is 9.84 Å². The van der Waals surface area contributed by atoms with E-state index in [-0.39, 0.29) is 11.8 Å². The van der Waals surface area contributed by atoms with Crippen molar-refractivity contribution < 1.29 is 16.8 Å². The van der Waals surface area contributed by atoms with Crippen molar-refractivity contribution in [2.45, 2.75) is 37.1 Å². The number of nitrogens with one attached hydrogen (secondary N) is 1. The largest absolute Gasteiger partial charge is 0.314 e. The lowest BCUT2D eigenvalue weighted by atomic mass is 10.0. The average molecular weight is 357 g/mol. The number of sulfone groups is 1. The van der Waals surface area contributed by atoms with Crippen LogP contribution in [0.1, 0.15) is 25.7 Å². The van der Waals surface area contributed by atoms with Gasteiger partial charge in [0.05, 0.1) is 5.75 Å². The fourth-order valence-electron chi connectivity index (χ4n) is 2.80. The van der Waals surface area contributed by atoms with Crippen LogP contribution in [0.25, 0.3) is 0 Å². The predicted molar refractivity (Wildman–Crippen MR) is 86.7 cm³/mol. The van der Waals surface area contributed by atoms with Crippen molar-refractivity contribution in [1.29, 1.82) is 0 Å². The van der Waals surface area contributed by atoms with Crippen molar-refractivity contribution >= 4 is 31.6 Å². The lowest BCUT2D eigenvalue weighted by Gasteiger charge is -2.33. The molecular weight excluding hydrogens is 332 g/mol. The van der Waals surface area contributed by atoms with E-state index in [9.17, 15) is 16.8 Å². The number of thioether (sulfide) groups is 1. The summed E-state index contributed by atoms with van der Waals surface area (Å²) in [7, 11) is -6.91. The Balaban J connectivity index is 2.02. The molecule has 1 N–H and O–H groups in total. The summed E-state index contributed by atoms with van der Waals surface area (Å²) in [5, 5.41) is 2.43. The van der Waals surface area contributed by atoms with E-state index in [1.54, 1.807) is 0 Å². The second kappa shape index (κ2) is 7.16. The minimum absolute atomic E-state index is 0.0291. The van der Waals surface area contributed by atoms with Crippen LogP contribution < -0.4 is 5.32 Å². The van der Waals surface area contributed by atoms with Gasteiger partial charge >= 0.3 is 0 Å². The Hall–Kier alpha value is 0.170. The maximum atomic E-state index is 12.5. The lowest BCUT2D eigenvalue weighted by molar-refractivity contribution is 0.379. The highest BCUT2D eigenvalue weighted by Gasteiger charge is 2.38. The summed E-state index contributed by atoms with van der Waals surface area (Å²) in [6.45, 7) is 1.24. The molecule has 2 aliphatic rings. The van der Waals surface area contributed by atoms with Gasteiger partial charge in [-0.3, -0.25) is 0 Å². The molecular formula is C12H24N2O4S3. The van der Waals surface area contributed by atoms with Crippen LogP contribution in [0.15, 0.2) is 0 Å². The molecule has 2 heterocycles. The summed E-state index contributed by atoms with van der Waals surface area (Å²) < 4.78 is 49.9. The fourth-order valence-corrected chi connectivity index (χ4v) is 8.18. The second-order valence-corrected chi connectivity index (χ2v) is 11.1. The molecule has 0 aromatic rings. The molecule has 2 rings (SSSR count). The summed E-state index contributed by atoms with van der Waals surface area (Å²) in [4.78, 5) is 0. The summed E-state index contributed by atoms with van der Waals surface area (Å²) in [6, 6.07) is 0.240. The molecule has 0 aromatic carbocycles. The maximum absolute atomic E-state index is 12.5. The third kappa shape index (κ3) is 4.82. The minimum Gasteiger partial charge on any atom is -0.314 e. The molecule has 0 saturated carbocycles. The SMILES string of the molecule is CS(=O)(=O)C1CSCCN1S(=O)(=O)CCC1CCCCN1. The van der Waals surface area contributed by atoms with E-state index in [1.165, 1.54) is 16.1 Å². The number of hydrogen-bond donors (Lipinski definition) is 1. The van der Waals surface area contributed by atoms with Gasteiger partial charge in [0.1, 0.15) is 5.37 Å². The van der Waals surface area contributed by atoms with Crippen molar-refractivity contribution in [1.82, 2.24) is 9.62 Å². The molecule has 2 fully saturated rings. The Morgan fingerprint density at radius 3 is 2.62 bits per heavy atom. The highest BCUT2D eigenvalue weighted by atomic mass is 32.2. The molecule has 0 spiro atoms. The van der Waals surface area contributed by atoms with E-state index >= 15 is 0 Å². The van der Waals surface area contributed by atoms with Crippen molar-refractivity contribution in [3.05, 3.63) is 0 Å². The van der Waals surface area contributed by atoms with Crippen LogP contribution in [0.4, 0.5) is 0 Å². The zero-order valence-corrected chi connectivity index (χ0v) is 14.8. The highest BCUT2D eigenvalue weighted by Crippen LogP contribution is 2.24. The molecule has 0 aromatic heterocycles. The fraction of sp³-hybridized carbons (Fsp3) is 1.00. The van der Waals surface area contributed by atoms with Gasteiger partial charge in [0.2, 0.25) is 10.0 Å². The van der Waals surface area contributed by atoms with E-state index in [0.29, 0.717) is 24.5 Å². The molecule has 2 aliphatic heterocycles. The van der Waals surface area contributed by atoms with Crippen LogP contribution >= 0.6 is 11.8 Å². The summed E-state index contributed by atoms with van der Waals surface area (Å²) in [5.74, 6) is 1.02. The van der Waals surface area contributed by atoms with Gasteiger partial charge in [0.25, 0.3) is 0 Å². The van der Waals surface area contributed by atoms with Crippen LogP contribution in [0.2, 0.25) is 0 Å². The average Bonchev–Trinajstić information content (AvgIpc) is 2.45. The monoisotopic (exact) mass is 356 g/mol. The van der Waals surface area contributed by atoms with E-state index in [0.717, 1.165) is 32.1 Å². The summed E-state index contributed by atoms with van der Waals surface area (Å²) in [6.07, 6.45) is 4.95.